The highest BCUT2D eigenvalue weighted by molar-refractivity contribution is 5.99. The van der Waals surface area contributed by atoms with Gasteiger partial charge < -0.3 is 15.3 Å². The highest BCUT2D eigenvalue weighted by Crippen LogP contribution is 2.38. The Balaban J connectivity index is 1.59. The largest absolute Gasteiger partial charge is 0.395 e. The van der Waals surface area contributed by atoms with Crippen molar-refractivity contribution in [3.63, 3.8) is 0 Å². The van der Waals surface area contributed by atoms with Gasteiger partial charge in [-0.2, -0.15) is 0 Å². The van der Waals surface area contributed by atoms with Crippen LogP contribution >= 0.6 is 0 Å². The number of aromatic nitrogens is 2. The fraction of sp³-hybridized carbons (Fsp3) is 0.667. The summed E-state index contributed by atoms with van der Waals surface area (Å²) in [7, 11) is 0. The van der Waals surface area contributed by atoms with Gasteiger partial charge >= 0.3 is 5.69 Å². The molecule has 2 N–H and O–H groups in total. The second-order valence-corrected chi connectivity index (χ2v) is 7.48. The van der Waals surface area contributed by atoms with Crippen molar-refractivity contribution in [2.24, 2.45) is 0 Å². The molecule has 0 amide bonds. The second kappa shape index (κ2) is 8.27. The predicted molar refractivity (Wildman–Crippen MR) is 105 cm³/mol. The highest BCUT2D eigenvalue weighted by atomic mass is 16.6. The van der Waals surface area contributed by atoms with Gasteiger partial charge in [-0.3, -0.25) is 15.0 Å². The Morgan fingerprint density at radius 1 is 1.18 bits per heavy atom. The van der Waals surface area contributed by atoms with Crippen LogP contribution in [0.3, 0.4) is 0 Å². The van der Waals surface area contributed by atoms with E-state index in [4.69, 9.17) is 9.74 Å². The summed E-state index contributed by atoms with van der Waals surface area (Å²) in [5.74, 6) is 0. The van der Waals surface area contributed by atoms with Crippen molar-refractivity contribution >= 4 is 28.1 Å². The van der Waals surface area contributed by atoms with Crippen molar-refractivity contribution in [2.45, 2.75) is 38.1 Å². The van der Waals surface area contributed by atoms with E-state index in [9.17, 15) is 10.1 Å². The molecular weight excluding hydrogens is 364 g/mol. The number of benzene rings is 1. The molecule has 2 aromatic rings. The summed E-state index contributed by atoms with van der Waals surface area (Å²) in [5.41, 5.74) is 1.48. The van der Waals surface area contributed by atoms with Crippen LogP contribution in [0.4, 0.5) is 17.1 Å². The number of nitrogens with zero attached hydrogens (tertiary/aromatic N) is 5. The van der Waals surface area contributed by atoms with Crippen LogP contribution in [0.2, 0.25) is 0 Å². The maximum absolute atomic E-state index is 11.6. The van der Waals surface area contributed by atoms with E-state index in [1.165, 1.54) is 32.1 Å². The first-order valence-corrected chi connectivity index (χ1v) is 9.96. The van der Waals surface area contributed by atoms with Crippen LogP contribution in [0.25, 0.3) is 11.0 Å². The van der Waals surface area contributed by atoms with E-state index in [2.05, 4.69) is 25.4 Å². The lowest BCUT2D eigenvalue weighted by molar-refractivity contribution is -0.382. The SMILES string of the molecule is O=[N+]([O-])c1c(NCCO)cc(N2CCN(C3CCCCC3)CC2)c2nonc12. The molecule has 10 nitrogen and oxygen atoms in total. The fourth-order valence-electron chi connectivity index (χ4n) is 4.44. The topological polar surface area (TPSA) is 121 Å². The molecule has 10 heteroatoms. The standard InChI is InChI=1S/C18H26N6O4/c25-11-6-19-14-12-15(16-17(21-28-20-16)18(14)24(26)27)23-9-7-22(8-10-23)13-4-2-1-3-5-13/h12-13,19,25H,1-11H2. The molecule has 2 aliphatic rings. The molecule has 0 bridgehead atoms. The van der Waals surface area contributed by atoms with E-state index in [-0.39, 0.29) is 24.4 Å². The number of rotatable bonds is 6. The van der Waals surface area contributed by atoms with Crippen molar-refractivity contribution < 1.29 is 14.7 Å². The third kappa shape index (κ3) is 3.61. The first-order valence-electron chi connectivity index (χ1n) is 9.96. The summed E-state index contributed by atoms with van der Waals surface area (Å²) < 4.78 is 4.84. The molecule has 1 aromatic carbocycles. The Kier molecular flexibility index (Phi) is 5.58. The van der Waals surface area contributed by atoms with E-state index >= 15 is 0 Å². The van der Waals surface area contributed by atoms with Crippen molar-refractivity contribution in [2.75, 3.05) is 49.5 Å². The molecular formula is C18H26N6O4. The normalized spacial score (nSPS) is 19.2. The van der Waals surface area contributed by atoms with Crippen LogP contribution in [-0.2, 0) is 0 Å². The number of aliphatic hydroxyl groups excluding tert-OH is 1. The van der Waals surface area contributed by atoms with Gasteiger partial charge in [0.1, 0.15) is 5.69 Å². The molecule has 0 radical (unpaired) electrons. The zero-order chi connectivity index (χ0) is 19.5. The maximum atomic E-state index is 11.6. The average Bonchev–Trinajstić information content (AvgIpc) is 3.21. The Morgan fingerprint density at radius 2 is 1.89 bits per heavy atom. The molecule has 1 aromatic heterocycles. The third-order valence-corrected chi connectivity index (χ3v) is 5.85. The third-order valence-electron chi connectivity index (χ3n) is 5.85. The molecule has 1 saturated carbocycles. The Labute approximate surface area is 162 Å². The summed E-state index contributed by atoms with van der Waals surface area (Å²) in [5, 5.41) is 31.3. The van der Waals surface area contributed by atoms with Crippen LogP contribution in [0.1, 0.15) is 32.1 Å². The number of hydrogen-bond acceptors (Lipinski definition) is 9. The van der Waals surface area contributed by atoms with E-state index in [0.717, 1.165) is 31.9 Å². The van der Waals surface area contributed by atoms with Crippen LogP contribution in [-0.4, -0.2) is 70.6 Å². The maximum Gasteiger partial charge on any atom is 0.323 e. The van der Waals surface area contributed by atoms with Gasteiger partial charge in [0.05, 0.1) is 17.2 Å². The van der Waals surface area contributed by atoms with Gasteiger partial charge in [-0.1, -0.05) is 19.3 Å². The highest BCUT2D eigenvalue weighted by Gasteiger charge is 2.30. The van der Waals surface area contributed by atoms with Gasteiger partial charge in [0.2, 0.25) is 5.52 Å². The van der Waals surface area contributed by atoms with Crippen molar-refractivity contribution in [3.05, 3.63) is 16.2 Å². The monoisotopic (exact) mass is 390 g/mol. The Hall–Kier alpha value is -2.46. The molecule has 0 unspecified atom stereocenters. The quantitative estimate of drug-likeness (QED) is 0.563. The van der Waals surface area contributed by atoms with Crippen LogP contribution in [0.15, 0.2) is 10.7 Å². The van der Waals surface area contributed by atoms with Gasteiger partial charge in [0, 0.05) is 38.8 Å². The second-order valence-electron chi connectivity index (χ2n) is 7.48. The first kappa shape index (κ1) is 18.9. The van der Waals surface area contributed by atoms with Crippen molar-refractivity contribution in [1.82, 2.24) is 15.2 Å². The molecule has 0 atom stereocenters. The minimum absolute atomic E-state index is 0.123. The van der Waals surface area contributed by atoms with E-state index in [1.54, 1.807) is 6.07 Å². The predicted octanol–water partition coefficient (Wildman–Crippen LogP) is 1.99. The molecule has 0 spiro atoms. The molecule has 28 heavy (non-hydrogen) atoms. The molecule has 2 fully saturated rings. The van der Waals surface area contributed by atoms with Gasteiger partial charge in [-0.05, 0) is 29.2 Å². The zero-order valence-electron chi connectivity index (χ0n) is 15.8. The first-order chi connectivity index (χ1) is 13.7. The fourth-order valence-corrected chi connectivity index (χ4v) is 4.44. The van der Waals surface area contributed by atoms with Crippen molar-refractivity contribution in [3.8, 4) is 0 Å². The molecule has 4 rings (SSSR count). The summed E-state index contributed by atoms with van der Waals surface area (Å²) in [6.45, 7) is 3.68. The lowest BCUT2D eigenvalue weighted by Crippen LogP contribution is -2.50. The lowest BCUT2D eigenvalue weighted by atomic mass is 9.94. The zero-order valence-corrected chi connectivity index (χ0v) is 15.8. The van der Waals surface area contributed by atoms with E-state index in [0.29, 0.717) is 17.2 Å². The molecule has 152 valence electrons. The number of nitro benzene ring substituents is 1. The Morgan fingerprint density at radius 3 is 2.57 bits per heavy atom. The van der Waals surface area contributed by atoms with Gasteiger partial charge in [0.25, 0.3) is 0 Å². The Bertz CT molecular complexity index is 827. The number of aliphatic hydroxyl groups is 1. The smallest absolute Gasteiger partial charge is 0.323 e. The summed E-state index contributed by atoms with van der Waals surface area (Å²) >= 11 is 0. The number of nitro groups is 1. The molecule has 1 aliphatic heterocycles. The van der Waals surface area contributed by atoms with E-state index in [1.807, 2.05) is 0 Å². The summed E-state index contributed by atoms with van der Waals surface area (Å²) in [4.78, 5) is 15.9. The average molecular weight is 390 g/mol. The number of nitrogens with one attached hydrogen (secondary N) is 1. The van der Waals surface area contributed by atoms with E-state index < -0.39 is 4.92 Å². The van der Waals surface area contributed by atoms with Crippen LogP contribution < -0.4 is 10.2 Å². The minimum atomic E-state index is -0.489. The van der Waals surface area contributed by atoms with Gasteiger partial charge in [0.15, 0.2) is 5.52 Å². The van der Waals surface area contributed by atoms with Crippen molar-refractivity contribution in [1.29, 1.82) is 0 Å². The lowest BCUT2D eigenvalue weighted by Gasteiger charge is -2.41. The molecule has 1 saturated heterocycles. The number of anilines is 2. The van der Waals surface area contributed by atoms with Crippen LogP contribution in [0, 0.1) is 10.1 Å². The summed E-state index contributed by atoms with van der Waals surface area (Å²) in [6, 6.07) is 2.42. The van der Waals surface area contributed by atoms with Crippen LogP contribution in [0.5, 0.6) is 0 Å². The number of piperazine rings is 1. The number of fused-ring (bicyclic) bond motifs is 1. The number of hydrogen-bond donors (Lipinski definition) is 2. The van der Waals surface area contributed by atoms with Gasteiger partial charge in [-0.25, -0.2) is 4.63 Å². The molecule has 2 heterocycles. The van der Waals surface area contributed by atoms with Gasteiger partial charge in [-0.15, -0.1) is 0 Å². The molecule has 1 aliphatic carbocycles. The summed E-state index contributed by atoms with van der Waals surface area (Å²) in [6.07, 6.45) is 6.55. The minimum Gasteiger partial charge on any atom is -0.395 e.